The molecule has 0 aromatic heterocycles. The zero-order valence-corrected chi connectivity index (χ0v) is 9.86. The third-order valence-corrected chi connectivity index (χ3v) is 2.21. The number of carboxylic acid groups (broad SMARTS) is 1. The van der Waals surface area contributed by atoms with Crippen LogP contribution in [0.5, 0.6) is 0 Å². The maximum absolute atomic E-state index is 11.9. The van der Waals surface area contributed by atoms with E-state index in [4.69, 9.17) is 5.11 Å². The summed E-state index contributed by atoms with van der Waals surface area (Å²) in [7, 11) is 0. The van der Waals surface area contributed by atoms with Crippen LogP contribution in [0.2, 0.25) is 0 Å². The molecule has 0 radical (unpaired) electrons. The SMILES string of the molecule is CCN(CC)C(=O)N(CC(=O)O)C(C)C. The van der Waals surface area contributed by atoms with E-state index in [1.807, 2.05) is 27.7 Å². The molecule has 0 rings (SSSR count). The molecule has 0 fully saturated rings. The minimum atomic E-state index is -0.982. The Balaban J connectivity index is 4.60. The maximum Gasteiger partial charge on any atom is 0.323 e. The van der Waals surface area contributed by atoms with Crippen LogP contribution in [0.3, 0.4) is 0 Å². The van der Waals surface area contributed by atoms with Gasteiger partial charge in [-0.3, -0.25) is 4.79 Å². The van der Waals surface area contributed by atoms with Crippen molar-refractivity contribution < 1.29 is 14.7 Å². The zero-order valence-electron chi connectivity index (χ0n) is 9.86. The highest BCUT2D eigenvalue weighted by Gasteiger charge is 2.23. The molecule has 0 atom stereocenters. The van der Waals surface area contributed by atoms with E-state index in [1.54, 1.807) is 4.90 Å². The summed E-state index contributed by atoms with van der Waals surface area (Å²) in [5, 5.41) is 8.70. The summed E-state index contributed by atoms with van der Waals surface area (Å²) in [6, 6.07) is -0.313. The molecule has 0 aliphatic carbocycles. The van der Waals surface area contributed by atoms with Crippen LogP contribution in [0.25, 0.3) is 0 Å². The van der Waals surface area contributed by atoms with Crippen LogP contribution < -0.4 is 0 Å². The Morgan fingerprint density at radius 2 is 1.67 bits per heavy atom. The zero-order chi connectivity index (χ0) is 12.0. The first-order valence-corrected chi connectivity index (χ1v) is 5.21. The van der Waals surface area contributed by atoms with Crippen molar-refractivity contribution in [3.63, 3.8) is 0 Å². The van der Waals surface area contributed by atoms with Gasteiger partial charge in [-0.25, -0.2) is 4.79 Å². The lowest BCUT2D eigenvalue weighted by Crippen LogP contribution is -2.48. The third-order valence-electron chi connectivity index (χ3n) is 2.21. The Kier molecular flexibility index (Phi) is 5.74. The minimum Gasteiger partial charge on any atom is -0.480 e. The van der Waals surface area contributed by atoms with Crippen LogP contribution >= 0.6 is 0 Å². The van der Waals surface area contributed by atoms with Crippen molar-refractivity contribution in [2.45, 2.75) is 33.7 Å². The van der Waals surface area contributed by atoms with E-state index in [0.717, 1.165) is 0 Å². The van der Waals surface area contributed by atoms with E-state index in [9.17, 15) is 9.59 Å². The molecule has 0 unspecified atom stereocenters. The maximum atomic E-state index is 11.9. The Labute approximate surface area is 90.7 Å². The molecule has 0 aromatic rings. The van der Waals surface area contributed by atoms with Gasteiger partial charge in [-0.2, -0.15) is 0 Å². The molecular weight excluding hydrogens is 196 g/mol. The molecule has 1 N–H and O–H groups in total. The molecule has 0 aliphatic heterocycles. The molecule has 0 aliphatic rings. The van der Waals surface area contributed by atoms with Crippen molar-refractivity contribution in [3.05, 3.63) is 0 Å². The number of urea groups is 1. The topological polar surface area (TPSA) is 60.9 Å². The number of rotatable bonds is 5. The van der Waals surface area contributed by atoms with Crippen molar-refractivity contribution in [1.29, 1.82) is 0 Å². The largest absolute Gasteiger partial charge is 0.480 e. The highest BCUT2D eigenvalue weighted by Crippen LogP contribution is 2.04. The lowest BCUT2D eigenvalue weighted by atomic mass is 10.3. The summed E-state index contributed by atoms with van der Waals surface area (Å²) in [5.74, 6) is -0.982. The molecule has 0 aromatic carbocycles. The van der Waals surface area contributed by atoms with Crippen LogP contribution in [0, 0.1) is 0 Å². The minimum absolute atomic E-state index is 0.103. The third kappa shape index (κ3) is 4.18. The van der Waals surface area contributed by atoms with Crippen molar-refractivity contribution in [2.75, 3.05) is 19.6 Å². The molecule has 5 nitrogen and oxygen atoms in total. The summed E-state index contributed by atoms with van der Waals surface area (Å²) in [6.45, 7) is 8.32. The predicted octanol–water partition coefficient (Wildman–Crippen LogP) is 1.24. The van der Waals surface area contributed by atoms with E-state index in [-0.39, 0.29) is 18.6 Å². The van der Waals surface area contributed by atoms with Gasteiger partial charge in [0.1, 0.15) is 6.54 Å². The fraction of sp³-hybridized carbons (Fsp3) is 0.800. The van der Waals surface area contributed by atoms with Crippen molar-refractivity contribution >= 4 is 12.0 Å². The lowest BCUT2D eigenvalue weighted by Gasteiger charge is -2.30. The smallest absolute Gasteiger partial charge is 0.323 e. The molecule has 15 heavy (non-hydrogen) atoms. The van der Waals surface area contributed by atoms with Gasteiger partial charge in [0.2, 0.25) is 0 Å². The van der Waals surface area contributed by atoms with Gasteiger partial charge in [0.15, 0.2) is 0 Å². The van der Waals surface area contributed by atoms with E-state index >= 15 is 0 Å². The molecule has 0 bridgehead atoms. The monoisotopic (exact) mass is 216 g/mol. The number of carbonyl (C=O) groups excluding carboxylic acids is 1. The van der Waals surface area contributed by atoms with Crippen LogP contribution in [0.1, 0.15) is 27.7 Å². The number of amides is 2. The van der Waals surface area contributed by atoms with Gasteiger partial charge < -0.3 is 14.9 Å². The van der Waals surface area contributed by atoms with Gasteiger partial charge in [-0.1, -0.05) is 0 Å². The number of hydrogen-bond donors (Lipinski definition) is 1. The van der Waals surface area contributed by atoms with E-state index in [1.165, 1.54) is 4.90 Å². The number of carbonyl (C=O) groups is 2. The molecule has 0 saturated carbocycles. The van der Waals surface area contributed by atoms with E-state index < -0.39 is 5.97 Å². The van der Waals surface area contributed by atoms with Crippen LogP contribution in [0.4, 0.5) is 4.79 Å². The second kappa shape index (κ2) is 6.27. The number of carboxylic acids is 1. The van der Waals surface area contributed by atoms with Crippen molar-refractivity contribution in [1.82, 2.24) is 9.80 Å². The van der Waals surface area contributed by atoms with E-state index in [0.29, 0.717) is 13.1 Å². The van der Waals surface area contributed by atoms with Crippen LogP contribution in [-0.4, -0.2) is 52.6 Å². The molecule has 2 amide bonds. The normalized spacial score (nSPS) is 10.2. The van der Waals surface area contributed by atoms with Gasteiger partial charge in [-0.15, -0.1) is 0 Å². The van der Waals surface area contributed by atoms with Gasteiger partial charge >= 0.3 is 12.0 Å². The van der Waals surface area contributed by atoms with Crippen molar-refractivity contribution in [2.24, 2.45) is 0 Å². The van der Waals surface area contributed by atoms with E-state index in [2.05, 4.69) is 0 Å². The first-order valence-electron chi connectivity index (χ1n) is 5.21. The average molecular weight is 216 g/mol. The highest BCUT2D eigenvalue weighted by atomic mass is 16.4. The highest BCUT2D eigenvalue weighted by molar-refractivity contribution is 5.80. The fourth-order valence-electron chi connectivity index (χ4n) is 1.29. The second-order valence-electron chi connectivity index (χ2n) is 3.57. The van der Waals surface area contributed by atoms with Crippen molar-refractivity contribution in [3.8, 4) is 0 Å². The predicted molar refractivity (Wildman–Crippen MR) is 57.8 cm³/mol. The first kappa shape index (κ1) is 13.7. The molecule has 0 heterocycles. The number of hydrogen-bond acceptors (Lipinski definition) is 2. The second-order valence-corrected chi connectivity index (χ2v) is 3.57. The van der Waals surface area contributed by atoms with Gasteiger partial charge in [0.25, 0.3) is 0 Å². The lowest BCUT2D eigenvalue weighted by molar-refractivity contribution is -0.138. The molecule has 0 spiro atoms. The standard InChI is InChI=1S/C10H20N2O3/c1-5-11(6-2)10(15)12(8(3)4)7-9(13)14/h8H,5-7H2,1-4H3,(H,13,14). The van der Waals surface area contributed by atoms with Gasteiger partial charge in [0.05, 0.1) is 0 Å². The van der Waals surface area contributed by atoms with Gasteiger partial charge in [0, 0.05) is 19.1 Å². The Morgan fingerprint density at radius 3 is 1.93 bits per heavy atom. The Hall–Kier alpha value is -1.26. The van der Waals surface area contributed by atoms with Crippen LogP contribution in [-0.2, 0) is 4.79 Å². The summed E-state index contributed by atoms with van der Waals surface area (Å²) in [4.78, 5) is 25.4. The quantitative estimate of drug-likeness (QED) is 0.752. The molecule has 88 valence electrons. The Morgan fingerprint density at radius 1 is 1.20 bits per heavy atom. The summed E-state index contributed by atoms with van der Waals surface area (Å²) >= 11 is 0. The molecule has 0 saturated heterocycles. The van der Waals surface area contributed by atoms with Gasteiger partial charge in [-0.05, 0) is 27.7 Å². The average Bonchev–Trinajstić information content (AvgIpc) is 2.15. The fourth-order valence-corrected chi connectivity index (χ4v) is 1.29. The number of aliphatic carboxylic acids is 1. The van der Waals surface area contributed by atoms with Crippen LogP contribution in [0.15, 0.2) is 0 Å². The summed E-state index contributed by atoms with van der Waals surface area (Å²) < 4.78 is 0. The summed E-state index contributed by atoms with van der Waals surface area (Å²) in [6.07, 6.45) is 0. The molecule has 5 heteroatoms. The molecular formula is C10H20N2O3. The first-order chi connectivity index (χ1) is 6.93. The summed E-state index contributed by atoms with van der Waals surface area (Å²) in [5.41, 5.74) is 0. The number of nitrogens with zero attached hydrogens (tertiary/aromatic N) is 2. The Bertz CT molecular complexity index is 225.